The van der Waals surface area contributed by atoms with Gasteiger partial charge in [0.15, 0.2) is 0 Å². The van der Waals surface area contributed by atoms with E-state index in [4.69, 9.17) is 9.47 Å². The summed E-state index contributed by atoms with van der Waals surface area (Å²) in [5, 5.41) is 0. The first-order chi connectivity index (χ1) is 15.2. The molecule has 31 heavy (non-hydrogen) atoms. The number of benzene rings is 2. The largest absolute Gasteiger partial charge is 0.492 e. The molecule has 0 spiro atoms. The maximum atomic E-state index is 12.6. The molecule has 0 aliphatic carbocycles. The third-order valence-corrected chi connectivity index (χ3v) is 6.38. The Balaban J connectivity index is 1.21. The minimum absolute atomic E-state index is 0.145. The molecule has 2 aromatic carbocycles. The third kappa shape index (κ3) is 6.01. The minimum Gasteiger partial charge on any atom is -0.492 e. The number of carbonyl (C=O) groups is 1. The van der Waals surface area contributed by atoms with E-state index >= 15 is 0 Å². The number of piperidine rings is 2. The fourth-order valence-corrected chi connectivity index (χ4v) is 4.42. The van der Waals surface area contributed by atoms with Gasteiger partial charge in [0.1, 0.15) is 24.2 Å². The Hall–Kier alpha value is -2.53. The predicted octanol–water partition coefficient (Wildman–Crippen LogP) is 4.62. The first kappa shape index (κ1) is 21.7. The fraction of sp³-hybridized carbons (Fsp3) is 0.500. The van der Waals surface area contributed by atoms with Crippen LogP contribution in [0.5, 0.6) is 11.5 Å². The number of carbonyl (C=O) groups excluding carboxylic acids is 1. The first-order valence-corrected chi connectivity index (χ1v) is 11.7. The molecule has 4 rings (SSSR count). The van der Waals surface area contributed by atoms with Crippen molar-refractivity contribution in [3.8, 4) is 11.5 Å². The Kier molecular flexibility index (Phi) is 7.47. The van der Waals surface area contributed by atoms with Gasteiger partial charge in [0, 0.05) is 37.8 Å². The molecule has 2 aliphatic heterocycles. The molecule has 0 aromatic heterocycles. The van der Waals surface area contributed by atoms with E-state index in [0.29, 0.717) is 12.6 Å². The Labute approximate surface area is 185 Å². The van der Waals surface area contributed by atoms with Crippen molar-refractivity contribution in [1.82, 2.24) is 9.80 Å². The molecule has 2 aliphatic rings. The van der Waals surface area contributed by atoms with Crippen LogP contribution in [-0.2, 0) is 0 Å². The van der Waals surface area contributed by atoms with Crippen molar-refractivity contribution in [2.45, 2.75) is 51.2 Å². The summed E-state index contributed by atoms with van der Waals surface area (Å²) in [6.07, 6.45) is 5.69. The van der Waals surface area contributed by atoms with Gasteiger partial charge >= 0.3 is 0 Å². The minimum atomic E-state index is 0.145. The molecule has 2 aromatic rings. The normalized spacial score (nSPS) is 19.1. The van der Waals surface area contributed by atoms with E-state index in [2.05, 4.69) is 11.8 Å². The molecule has 2 fully saturated rings. The highest BCUT2D eigenvalue weighted by atomic mass is 16.5. The van der Waals surface area contributed by atoms with E-state index in [9.17, 15) is 4.79 Å². The highest BCUT2D eigenvalue weighted by Gasteiger charge is 2.24. The lowest BCUT2D eigenvalue weighted by molar-refractivity contribution is 0.0636. The zero-order valence-electron chi connectivity index (χ0n) is 18.5. The van der Waals surface area contributed by atoms with Crippen LogP contribution in [0.25, 0.3) is 0 Å². The van der Waals surface area contributed by atoms with Gasteiger partial charge in [-0.2, -0.15) is 0 Å². The molecule has 0 N–H and O–H groups in total. The van der Waals surface area contributed by atoms with Crippen molar-refractivity contribution >= 4 is 5.91 Å². The summed E-state index contributed by atoms with van der Waals surface area (Å²) in [6.45, 7) is 6.70. The average Bonchev–Trinajstić information content (AvgIpc) is 2.84. The lowest BCUT2D eigenvalue weighted by Crippen LogP contribution is -2.45. The maximum Gasteiger partial charge on any atom is 0.253 e. The van der Waals surface area contributed by atoms with E-state index in [1.54, 1.807) is 0 Å². The van der Waals surface area contributed by atoms with Gasteiger partial charge in [0.2, 0.25) is 0 Å². The number of nitrogens with zero attached hydrogens (tertiary/aromatic N) is 2. The number of ether oxygens (including phenoxy) is 2. The van der Waals surface area contributed by atoms with Crippen LogP contribution in [0.4, 0.5) is 0 Å². The molecule has 0 bridgehead atoms. The standard InChI is InChI=1S/C26H34N2O3/c1-21(20-30-23-8-4-2-5-9-23)27-18-14-25(15-19-27)31-24-12-10-22(11-13-24)26(29)28-16-6-3-7-17-28/h2,4-5,8-13,21,25H,3,6-7,14-20H2,1H3/t21-/m1/s1. The van der Waals surface area contributed by atoms with Gasteiger partial charge in [0.25, 0.3) is 5.91 Å². The highest BCUT2D eigenvalue weighted by Crippen LogP contribution is 2.22. The Bertz CT molecular complexity index is 810. The van der Waals surface area contributed by atoms with Crippen LogP contribution in [0, 0.1) is 0 Å². The van der Waals surface area contributed by atoms with Crippen LogP contribution in [0.15, 0.2) is 54.6 Å². The van der Waals surface area contributed by atoms with E-state index < -0.39 is 0 Å². The quantitative estimate of drug-likeness (QED) is 0.653. The van der Waals surface area contributed by atoms with Crippen molar-refractivity contribution in [1.29, 1.82) is 0 Å². The van der Waals surface area contributed by atoms with Gasteiger partial charge in [-0.1, -0.05) is 18.2 Å². The number of hydrogen-bond donors (Lipinski definition) is 0. The summed E-state index contributed by atoms with van der Waals surface area (Å²) in [4.78, 5) is 17.1. The topological polar surface area (TPSA) is 42.0 Å². The molecule has 2 heterocycles. The van der Waals surface area contributed by atoms with Crippen LogP contribution in [0.3, 0.4) is 0 Å². The van der Waals surface area contributed by atoms with E-state index in [1.165, 1.54) is 6.42 Å². The van der Waals surface area contributed by atoms with Gasteiger partial charge in [-0.15, -0.1) is 0 Å². The maximum absolute atomic E-state index is 12.6. The summed E-state index contributed by atoms with van der Waals surface area (Å²) >= 11 is 0. The van der Waals surface area contributed by atoms with E-state index in [0.717, 1.165) is 68.9 Å². The molecular formula is C26H34N2O3. The van der Waals surface area contributed by atoms with Crippen molar-refractivity contribution in [3.05, 3.63) is 60.2 Å². The van der Waals surface area contributed by atoms with Crippen molar-refractivity contribution in [2.24, 2.45) is 0 Å². The second-order valence-corrected chi connectivity index (χ2v) is 8.70. The summed E-state index contributed by atoms with van der Waals surface area (Å²) in [5.41, 5.74) is 0.760. The molecule has 5 heteroatoms. The van der Waals surface area contributed by atoms with Crippen LogP contribution < -0.4 is 9.47 Å². The average molecular weight is 423 g/mol. The van der Waals surface area contributed by atoms with Crippen molar-refractivity contribution < 1.29 is 14.3 Å². The van der Waals surface area contributed by atoms with Crippen LogP contribution in [-0.4, -0.2) is 60.6 Å². The molecule has 0 unspecified atom stereocenters. The molecular weight excluding hydrogens is 388 g/mol. The lowest BCUT2D eigenvalue weighted by Gasteiger charge is -2.35. The Morgan fingerprint density at radius 3 is 2.26 bits per heavy atom. The first-order valence-electron chi connectivity index (χ1n) is 11.7. The van der Waals surface area contributed by atoms with Crippen LogP contribution in [0.1, 0.15) is 49.4 Å². The number of para-hydroxylation sites is 1. The summed E-state index contributed by atoms with van der Waals surface area (Å²) in [7, 11) is 0. The van der Waals surface area contributed by atoms with Gasteiger partial charge in [-0.3, -0.25) is 9.69 Å². The Morgan fingerprint density at radius 2 is 1.58 bits per heavy atom. The summed E-state index contributed by atoms with van der Waals surface area (Å²) in [6, 6.07) is 18.1. The zero-order valence-corrected chi connectivity index (χ0v) is 18.5. The van der Waals surface area contributed by atoms with Gasteiger partial charge < -0.3 is 14.4 Å². The number of likely N-dealkylation sites (tertiary alicyclic amines) is 2. The van der Waals surface area contributed by atoms with E-state index in [1.807, 2.05) is 59.5 Å². The zero-order chi connectivity index (χ0) is 21.5. The van der Waals surface area contributed by atoms with Crippen molar-refractivity contribution in [2.75, 3.05) is 32.8 Å². The smallest absolute Gasteiger partial charge is 0.253 e. The summed E-state index contributed by atoms with van der Waals surface area (Å²) in [5.74, 6) is 1.93. The van der Waals surface area contributed by atoms with E-state index in [-0.39, 0.29) is 12.0 Å². The van der Waals surface area contributed by atoms with Crippen LogP contribution >= 0.6 is 0 Å². The fourth-order valence-electron chi connectivity index (χ4n) is 4.42. The molecule has 5 nitrogen and oxygen atoms in total. The highest BCUT2D eigenvalue weighted by molar-refractivity contribution is 5.94. The second-order valence-electron chi connectivity index (χ2n) is 8.70. The van der Waals surface area contributed by atoms with Gasteiger partial charge in [0.05, 0.1) is 0 Å². The monoisotopic (exact) mass is 422 g/mol. The predicted molar refractivity (Wildman–Crippen MR) is 123 cm³/mol. The molecule has 166 valence electrons. The molecule has 2 saturated heterocycles. The summed E-state index contributed by atoms with van der Waals surface area (Å²) < 4.78 is 12.1. The number of rotatable bonds is 7. The number of hydrogen-bond acceptors (Lipinski definition) is 4. The molecule has 1 atom stereocenters. The second kappa shape index (κ2) is 10.7. The lowest BCUT2D eigenvalue weighted by atomic mass is 10.1. The molecule has 0 saturated carbocycles. The van der Waals surface area contributed by atoms with Gasteiger partial charge in [-0.05, 0) is 75.4 Å². The third-order valence-electron chi connectivity index (χ3n) is 6.38. The van der Waals surface area contributed by atoms with Crippen molar-refractivity contribution in [3.63, 3.8) is 0 Å². The SMILES string of the molecule is C[C@H](COc1ccccc1)N1CCC(Oc2ccc(C(=O)N3CCCCC3)cc2)CC1. The molecule has 0 radical (unpaired) electrons. The Morgan fingerprint density at radius 1 is 0.903 bits per heavy atom. The molecule has 1 amide bonds. The van der Waals surface area contributed by atoms with Gasteiger partial charge in [-0.25, -0.2) is 0 Å². The number of amides is 1. The van der Waals surface area contributed by atoms with Crippen LogP contribution in [0.2, 0.25) is 0 Å².